The zero-order chi connectivity index (χ0) is 17.9. The number of aromatic nitrogens is 1. The van der Waals surface area contributed by atoms with Crippen molar-refractivity contribution < 1.29 is 9.84 Å². The van der Waals surface area contributed by atoms with Crippen LogP contribution in [-0.4, -0.2) is 16.7 Å². The Hall–Kier alpha value is -3.33. The molecule has 0 bridgehead atoms. The molecule has 4 rings (SSSR count). The lowest BCUT2D eigenvalue weighted by Gasteiger charge is -2.10. The number of phenols is 1. The molecule has 0 aliphatic heterocycles. The minimum absolute atomic E-state index is 0.193. The Bertz CT molecular complexity index is 1120. The van der Waals surface area contributed by atoms with Gasteiger partial charge < -0.3 is 9.84 Å². The number of hydrogen-bond acceptors (Lipinski definition) is 3. The summed E-state index contributed by atoms with van der Waals surface area (Å²) in [6, 6.07) is 21.7. The van der Waals surface area contributed by atoms with Crippen LogP contribution in [0.25, 0.3) is 33.8 Å². The number of para-hydroxylation sites is 1. The second-order valence-electron chi connectivity index (χ2n) is 6.05. The molecule has 0 amide bonds. The van der Waals surface area contributed by atoms with Crippen molar-refractivity contribution in [2.75, 3.05) is 6.61 Å². The first-order valence-electron chi connectivity index (χ1n) is 8.67. The molecule has 0 aliphatic carbocycles. The van der Waals surface area contributed by atoms with Crippen LogP contribution < -0.4 is 4.74 Å². The van der Waals surface area contributed by atoms with Crippen LogP contribution in [-0.2, 0) is 0 Å². The number of ether oxygens (including phenoxy) is 1. The van der Waals surface area contributed by atoms with Crippen molar-refractivity contribution in [3.8, 4) is 11.5 Å². The summed E-state index contributed by atoms with van der Waals surface area (Å²) in [6.07, 6.45) is 3.98. The van der Waals surface area contributed by atoms with Gasteiger partial charge in [-0.3, -0.25) is 0 Å². The highest BCUT2D eigenvalue weighted by molar-refractivity contribution is 5.95. The minimum atomic E-state index is 0.193. The topological polar surface area (TPSA) is 42.4 Å². The Labute approximate surface area is 152 Å². The molecular weight excluding hydrogens is 322 g/mol. The van der Waals surface area contributed by atoms with Gasteiger partial charge in [0.05, 0.1) is 12.3 Å². The van der Waals surface area contributed by atoms with Crippen molar-refractivity contribution in [2.45, 2.75) is 6.92 Å². The third-order valence-corrected chi connectivity index (χ3v) is 4.37. The van der Waals surface area contributed by atoms with Crippen LogP contribution >= 0.6 is 0 Å². The fourth-order valence-corrected chi connectivity index (χ4v) is 3.14. The third kappa shape index (κ3) is 3.00. The fraction of sp³-hybridized carbons (Fsp3) is 0.0870. The average molecular weight is 341 g/mol. The monoisotopic (exact) mass is 341 g/mol. The summed E-state index contributed by atoms with van der Waals surface area (Å²) in [6.45, 7) is 2.59. The molecule has 1 N–H and O–H groups in total. The lowest BCUT2D eigenvalue weighted by molar-refractivity contribution is 0.340. The molecule has 0 aliphatic rings. The van der Waals surface area contributed by atoms with E-state index in [0.29, 0.717) is 12.1 Å². The van der Waals surface area contributed by atoms with Crippen LogP contribution in [0, 0.1) is 0 Å². The highest BCUT2D eigenvalue weighted by Crippen LogP contribution is 2.30. The molecule has 0 spiro atoms. The Morgan fingerprint density at radius 2 is 1.69 bits per heavy atom. The molecule has 0 atom stereocenters. The molecule has 0 radical (unpaired) electrons. The Morgan fingerprint density at radius 3 is 2.58 bits per heavy atom. The summed E-state index contributed by atoms with van der Waals surface area (Å²) in [5, 5.41) is 13.3. The van der Waals surface area contributed by atoms with Crippen molar-refractivity contribution >= 4 is 33.8 Å². The van der Waals surface area contributed by atoms with Crippen molar-refractivity contribution in [3.05, 3.63) is 78.0 Å². The molecule has 3 aromatic carbocycles. The Kier molecular flexibility index (Phi) is 4.28. The number of phenolic OH excluding ortho intramolecular Hbond substituents is 1. The first-order chi connectivity index (χ1) is 12.8. The minimum Gasteiger partial charge on any atom is -0.506 e. The Morgan fingerprint density at radius 1 is 0.885 bits per heavy atom. The quantitative estimate of drug-likeness (QED) is 0.520. The number of benzene rings is 3. The largest absolute Gasteiger partial charge is 0.506 e. The van der Waals surface area contributed by atoms with E-state index in [-0.39, 0.29) is 5.75 Å². The molecule has 4 aromatic rings. The highest BCUT2D eigenvalue weighted by Gasteiger charge is 2.06. The molecule has 0 unspecified atom stereocenters. The summed E-state index contributed by atoms with van der Waals surface area (Å²) < 4.78 is 5.81. The van der Waals surface area contributed by atoms with Crippen molar-refractivity contribution in [1.29, 1.82) is 0 Å². The van der Waals surface area contributed by atoms with Crippen molar-refractivity contribution in [2.24, 2.45) is 0 Å². The van der Waals surface area contributed by atoms with Gasteiger partial charge in [-0.25, -0.2) is 4.98 Å². The molecule has 0 saturated heterocycles. The maximum absolute atomic E-state index is 10.0. The van der Waals surface area contributed by atoms with Gasteiger partial charge in [0, 0.05) is 10.9 Å². The second kappa shape index (κ2) is 6.89. The summed E-state index contributed by atoms with van der Waals surface area (Å²) in [7, 11) is 0. The van der Waals surface area contributed by atoms with Crippen LogP contribution in [0.15, 0.2) is 66.7 Å². The first kappa shape index (κ1) is 16.2. The molecule has 26 heavy (non-hydrogen) atoms. The SMILES string of the molecule is CCOc1ccc2ccccc2c1/C=C/c1ccc2cccc(O)c2n1. The number of nitrogens with zero attached hydrogens (tertiary/aromatic N) is 1. The molecule has 3 heteroatoms. The third-order valence-electron chi connectivity index (χ3n) is 4.37. The first-order valence-corrected chi connectivity index (χ1v) is 8.67. The van der Waals surface area contributed by atoms with E-state index >= 15 is 0 Å². The van der Waals surface area contributed by atoms with Gasteiger partial charge in [-0.15, -0.1) is 0 Å². The van der Waals surface area contributed by atoms with E-state index in [9.17, 15) is 5.11 Å². The molecule has 3 nitrogen and oxygen atoms in total. The molecule has 0 saturated carbocycles. The van der Waals surface area contributed by atoms with Crippen LogP contribution in [0.2, 0.25) is 0 Å². The fourth-order valence-electron chi connectivity index (χ4n) is 3.14. The van der Waals surface area contributed by atoms with Gasteiger partial charge in [0.2, 0.25) is 0 Å². The van der Waals surface area contributed by atoms with E-state index in [1.54, 1.807) is 6.07 Å². The van der Waals surface area contributed by atoms with Crippen LogP contribution in [0.1, 0.15) is 18.2 Å². The van der Waals surface area contributed by atoms with Crippen LogP contribution in [0.4, 0.5) is 0 Å². The van der Waals surface area contributed by atoms with Gasteiger partial charge in [0.15, 0.2) is 0 Å². The number of hydrogen-bond donors (Lipinski definition) is 1. The van der Waals surface area contributed by atoms with E-state index < -0.39 is 0 Å². The molecular formula is C23H19NO2. The highest BCUT2D eigenvalue weighted by atomic mass is 16.5. The average Bonchev–Trinajstić information content (AvgIpc) is 2.68. The Balaban J connectivity index is 1.81. The zero-order valence-corrected chi connectivity index (χ0v) is 14.5. The van der Waals surface area contributed by atoms with Gasteiger partial charge in [-0.2, -0.15) is 0 Å². The summed E-state index contributed by atoms with van der Waals surface area (Å²) in [5.74, 6) is 1.05. The summed E-state index contributed by atoms with van der Waals surface area (Å²) in [4.78, 5) is 4.57. The predicted octanol–water partition coefficient (Wildman–Crippen LogP) is 5.66. The normalized spacial score (nSPS) is 11.4. The standard InChI is InChI=1S/C23H19NO2/c1-2-26-22-15-11-16-6-3-4-8-19(16)20(22)14-13-18-12-10-17-7-5-9-21(25)23(17)24-18/h3-15,25H,2H2,1H3/b14-13+. The summed E-state index contributed by atoms with van der Waals surface area (Å²) >= 11 is 0. The van der Waals surface area contributed by atoms with Crippen LogP contribution in [0.5, 0.6) is 11.5 Å². The van der Waals surface area contributed by atoms with E-state index in [1.165, 1.54) is 5.39 Å². The maximum atomic E-state index is 10.0. The zero-order valence-electron chi connectivity index (χ0n) is 14.5. The number of rotatable bonds is 4. The molecule has 1 heterocycles. The van der Waals surface area contributed by atoms with Gasteiger partial charge in [-0.1, -0.05) is 48.5 Å². The van der Waals surface area contributed by atoms with Gasteiger partial charge in [0.1, 0.15) is 17.0 Å². The lowest BCUT2D eigenvalue weighted by Crippen LogP contribution is -1.94. The van der Waals surface area contributed by atoms with Crippen molar-refractivity contribution in [3.63, 3.8) is 0 Å². The lowest BCUT2D eigenvalue weighted by atomic mass is 10.0. The number of aromatic hydroxyl groups is 1. The second-order valence-corrected chi connectivity index (χ2v) is 6.05. The van der Waals surface area contributed by atoms with E-state index in [0.717, 1.165) is 27.8 Å². The van der Waals surface area contributed by atoms with Crippen LogP contribution in [0.3, 0.4) is 0 Å². The maximum Gasteiger partial charge on any atom is 0.141 e. The van der Waals surface area contributed by atoms with E-state index in [1.807, 2.05) is 61.5 Å². The van der Waals surface area contributed by atoms with E-state index in [4.69, 9.17) is 4.74 Å². The predicted molar refractivity (Wildman–Crippen MR) is 107 cm³/mol. The number of pyridine rings is 1. The van der Waals surface area contributed by atoms with Gasteiger partial charge in [-0.05, 0) is 48.0 Å². The summed E-state index contributed by atoms with van der Waals surface area (Å²) in [5.41, 5.74) is 2.43. The number of fused-ring (bicyclic) bond motifs is 2. The van der Waals surface area contributed by atoms with E-state index in [2.05, 4.69) is 23.2 Å². The molecule has 0 fully saturated rings. The van der Waals surface area contributed by atoms with Gasteiger partial charge >= 0.3 is 0 Å². The van der Waals surface area contributed by atoms with Crippen molar-refractivity contribution in [1.82, 2.24) is 4.98 Å². The van der Waals surface area contributed by atoms with Gasteiger partial charge in [0.25, 0.3) is 0 Å². The molecule has 1 aromatic heterocycles. The smallest absolute Gasteiger partial charge is 0.141 e. The molecule has 128 valence electrons.